The van der Waals surface area contributed by atoms with E-state index in [0.717, 1.165) is 5.56 Å². The number of amides is 1. The zero-order chi connectivity index (χ0) is 17.6. The van der Waals surface area contributed by atoms with Crippen LogP contribution < -0.4 is 5.32 Å². The Balaban J connectivity index is 2.07. The molecule has 0 unspecified atom stereocenters. The first kappa shape index (κ1) is 18.1. The van der Waals surface area contributed by atoms with Gasteiger partial charge in [-0.2, -0.15) is 4.31 Å². The van der Waals surface area contributed by atoms with Crippen LogP contribution in [0.25, 0.3) is 0 Å². The first-order valence-electron chi connectivity index (χ1n) is 7.76. The van der Waals surface area contributed by atoms with Gasteiger partial charge in [-0.25, -0.2) is 8.42 Å². The van der Waals surface area contributed by atoms with Gasteiger partial charge in [0, 0.05) is 37.6 Å². The molecule has 2 aromatic rings. The molecule has 0 radical (unpaired) electrons. The molecule has 0 bridgehead atoms. The molecule has 0 saturated heterocycles. The van der Waals surface area contributed by atoms with Crippen LogP contribution >= 0.6 is 0 Å². The lowest BCUT2D eigenvalue weighted by molar-refractivity contribution is 0.0951. The molecule has 1 amide bonds. The Morgan fingerprint density at radius 3 is 2.17 bits per heavy atom. The molecule has 1 aromatic heterocycles. The monoisotopic (exact) mass is 347 g/mol. The maximum Gasteiger partial charge on any atom is 0.251 e. The van der Waals surface area contributed by atoms with Crippen molar-refractivity contribution in [1.29, 1.82) is 0 Å². The minimum Gasteiger partial charge on any atom is -0.348 e. The molecule has 0 aliphatic rings. The standard InChI is InChI=1S/C17H21N3O3S/c1-3-20(4-2)24(22,23)16-7-5-15(6-8-16)17(21)19-13-14-9-11-18-12-10-14/h5-12H,3-4,13H2,1-2H3,(H,19,21). The van der Waals surface area contributed by atoms with Gasteiger partial charge in [-0.1, -0.05) is 13.8 Å². The van der Waals surface area contributed by atoms with Crippen LogP contribution in [0.15, 0.2) is 53.7 Å². The maximum atomic E-state index is 12.4. The van der Waals surface area contributed by atoms with Crippen LogP contribution in [0.1, 0.15) is 29.8 Å². The van der Waals surface area contributed by atoms with Gasteiger partial charge in [-0.05, 0) is 42.0 Å². The van der Waals surface area contributed by atoms with Crippen LogP contribution in [-0.2, 0) is 16.6 Å². The van der Waals surface area contributed by atoms with Gasteiger partial charge < -0.3 is 5.32 Å². The third kappa shape index (κ3) is 4.18. The second kappa shape index (κ2) is 8.03. The fourth-order valence-electron chi connectivity index (χ4n) is 2.28. The van der Waals surface area contributed by atoms with Gasteiger partial charge in [0.1, 0.15) is 0 Å². The Hall–Kier alpha value is -2.25. The van der Waals surface area contributed by atoms with E-state index in [0.29, 0.717) is 25.2 Å². The van der Waals surface area contributed by atoms with Crippen LogP contribution in [0.4, 0.5) is 0 Å². The number of pyridine rings is 1. The van der Waals surface area contributed by atoms with Crippen molar-refractivity contribution in [3.8, 4) is 0 Å². The number of carbonyl (C=O) groups is 1. The van der Waals surface area contributed by atoms with E-state index in [1.54, 1.807) is 26.2 Å². The van der Waals surface area contributed by atoms with E-state index in [1.165, 1.54) is 28.6 Å². The Morgan fingerprint density at radius 1 is 1.04 bits per heavy atom. The average molecular weight is 347 g/mol. The highest BCUT2D eigenvalue weighted by atomic mass is 32.2. The van der Waals surface area contributed by atoms with Crippen molar-refractivity contribution in [3.05, 3.63) is 59.9 Å². The van der Waals surface area contributed by atoms with Crippen LogP contribution in [0.2, 0.25) is 0 Å². The fourth-order valence-corrected chi connectivity index (χ4v) is 3.73. The third-order valence-corrected chi connectivity index (χ3v) is 5.73. The van der Waals surface area contributed by atoms with E-state index in [9.17, 15) is 13.2 Å². The highest BCUT2D eigenvalue weighted by molar-refractivity contribution is 7.89. The molecule has 7 heteroatoms. The molecule has 128 valence electrons. The smallest absolute Gasteiger partial charge is 0.251 e. The summed E-state index contributed by atoms with van der Waals surface area (Å²) >= 11 is 0. The molecular weight excluding hydrogens is 326 g/mol. The SMILES string of the molecule is CCN(CC)S(=O)(=O)c1ccc(C(=O)NCc2ccncc2)cc1. The second-order valence-corrected chi connectivity index (χ2v) is 7.09. The maximum absolute atomic E-state index is 12.4. The number of aromatic nitrogens is 1. The van der Waals surface area contributed by atoms with Gasteiger partial charge in [-0.3, -0.25) is 9.78 Å². The summed E-state index contributed by atoms with van der Waals surface area (Å²) in [6.07, 6.45) is 3.32. The van der Waals surface area contributed by atoms with E-state index in [2.05, 4.69) is 10.3 Å². The lowest BCUT2D eigenvalue weighted by Gasteiger charge is -2.18. The normalized spacial score (nSPS) is 11.5. The number of nitrogens with one attached hydrogen (secondary N) is 1. The Morgan fingerprint density at radius 2 is 1.62 bits per heavy atom. The Kier molecular flexibility index (Phi) is 6.05. The number of rotatable bonds is 7. The summed E-state index contributed by atoms with van der Waals surface area (Å²) in [6.45, 7) is 4.80. The minimum absolute atomic E-state index is 0.192. The molecule has 2 rings (SSSR count). The van der Waals surface area contributed by atoms with Gasteiger partial charge in [0.05, 0.1) is 4.90 Å². The topological polar surface area (TPSA) is 79.4 Å². The molecule has 1 aromatic carbocycles. The predicted molar refractivity (Wildman–Crippen MR) is 92.0 cm³/mol. The van der Waals surface area contributed by atoms with Crippen molar-refractivity contribution in [3.63, 3.8) is 0 Å². The summed E-state index contributed by atoms with van der Waals surface area (Å²) in [5.74, 6) is -0.251. The summed E-state index contributed by atoms with van der Waals surface area (Å²) in [7, 11) is -3.50. The highest BCUT2D eigenvalue weighted by Gasteiger charge is 2.21. The number of benzene rings is 1. The van der Waals surface area contributed by atoms with Crippen molar-refractivity contribution in [2.75, 3.05) is 13.1 Å². The zero-order valence-corrected chi connectivity index (χ0v) is 14.6. The quantitative estimate of drug-likeness (QED) is 0.831. The summed E-state index contributed by atoms with van der Waals surface area (Å²) in [5, 5.41) is 2.79. The molecule has 0 aliphatic carbocycles. The van der Waals surface area contributed by atoms with Gasteiger partial charge in [0.15, 0.2) is 0 Å². The first-order chi connectivity index (χ1) is 11.5. The number of hydrogen-bond acceptors (Lipinski definition) is 4. The number of carbonyl (C=O) groups excluding carboxylic acids is 1. The van der Waals surface area contributed by atoms with E-state index >= 15 is 0 Å². The summed E-state index contributed by atoms with van der Waals surface area (Å²) in [5.41, 5.74) is 1.36. The van der Waals surface area contributed by atoms with Crippen molar-refractivity contribution >= 4 is 15.9 Å². The van der Waals surface area contributed by atoms with Gasteiger partial charge in [-0.15, -0.1) is 0 Å². The second-order valence-electron chi connectivity index (χ2n) is 5.15. The Bertz CT molecular complexity index is 770. The van der Waals surface area contributed by atoms with Gasteiger partial charge >= 0.3 is 0 Å². The third-order valence-electron chi connectivity index (χ3n) is 3.66. The molecule has 1 N–H and O–H groups in total. The first-order valence-corrected chi connectivity index (χ1v) is 9.20. The summed E-state index contributed by atoms with van der Waals surface area (Å²) in [6, 6.07) is 9.63. The van der Waals surface area contributed by atoms with E-state index in [1.807, 2.05) is 12.1 Å². The van der Waals surface area contributed by atoms with Crippen LogP contribution in [0.5, 0.6) is 0 Å². The minimum atomic E-state index is -3.50. The largest absolute Gasteiger partial charge is 0.348 e. The molecule has 6 nitrogen and oxygen atoms in total. The summed E-state index contributed by atoms with van der Waals surface area (Å²) < 4.78 is 26.2. The lowest BCUT2D eigenvalue weighted by Crippen LogP contribution is -2.30. The Labute approximate surface area is 142 Å². The molecular formula is C17H21N3O3S. The van der Waals surface area contributed by atoms with Crippen molar-refractivity contribution in [1.82, 2.24) is 14.6 Å². The number of nitrogens with zero attached hydrogens (tertiary/aromatic N) is 2. The molecule has 0 aliphatic heterocycles. The van der Waals surface area contributed by atoms with Gasteiger partial charge in [0.25, 0.3) is 5.91 Å². The average Bonchev–Trinajstić information content (AvgIpc) is 2.61. The van der Waals surface area contributed by atoms with Crippen LogP contribution in [-0.4, -0.2) is 36.7 Å². The molecule has 24 heavy (non-hydrogen) atoms. The zero-order valence-electron chi connectivity index (χ0n) is 13.8. The van der Waals surface area contributed by atoms with E-state index in [4.69, 9.17) is 0 Å². The summed E-state index contributed by atoms with van der Waals surface area (Å²) in [4.78, 5) is 16.2. The molecule has 0 spiro atoms. The van der Waals surface area contributed by atoms with Crippen LogP contribution in [0.3, 0.4) is 0 Å². The van der Waals surface area contributed by atoms with Crippen molar-refractivity contribution in [2.45, 2.75) is 25.3 Å². The number of sulfonamides is 1. The molecule has 0 saturated carbocycles. The van der Waals surface area contributed by atoms with Gasteiger partial charge in [0.2, 0.25) is 10.0 Å². The fraction of sp³-hybridized carbons (Fsp3) is 0.294. The lowest BCUT2D eigenvalue weighted by atomic mass is 10.2. The van der Waals surface area contributed by atoms with Crippen molar-refractivity contribution < 1.29 is 13.2 Å². The van der Waals surface area contributed by atoms with E-state index in [-0.39, 0.29) is 10.8 Å². The number of hydrogen-bond donors (Lipinski definition) is 1. The van der Waals surface area contributed by atoms with Crippen LogP contribution in [0, 0.1) is 0 Å². The van der Waals surface area contributed by atoms with E-state index < -0.39 is 10.0 Å². The molecule has 1 heterocycles. The van der Waals surface area contributed by atoms with Crippen molar-refractivity contribution in [2.24, 2.45) is 0 Å². The predicted octanol–water partition coefficient (Wildman–Crippen LogP) is 2.04. The molecule has 0 fully saturated rings. The highest BCUT2D eigenvalue weighted by Crippen LogP contribution is 2.16. The molecule has 0 atom stereocenters.